The van der Waals surface area contributed by atoms with Gasteiger partial charge < -0.3 is 25.1 Å². The molecular weight excluding hydrogens is 467 g/mol. The fraction of sp³-hybridized carbons (Fsp3) is 0.571. The van der Waals surface area contributed by atoms with E-state index >= 15 is 0 Å². The minimum Gasteiger partial charge on any atom is -0.379 e. The van der Waals surface area contributed by atoms with Gasteiger partial charge in [0.15, 0.2) is 5.96 Å². The molecule has 2 aromatic rings. The molecule has 7 heteroatoms. The van der Waals surface area contributed by atoms with Crippen LogP contribution in [0.25, 0.3) is 10.9 Å². The lowest BCUT2D eigenvalue weighted by molar-refractivity contribution is 0.0347. The molecule has 1 aromatic carbocycles. The number of aromatic nitrogens is 1. The first kappa shape index (κ1) is 23.0. The van der Waals surface area contributed by atoms with Gasteiger partial charge in [0.05, 0.1) is 19.3 Å². The van der Waals surface area contributed by atoms with Crippen LogP contribution in [0.15, 0.2) is 29.4 Å². The van der Waals surface area contributed by atoms with Crippen molar-refractivity contribution in [3.8, 4) is 0 Å². The highest BCUT2D eigenvalue weighted by molar-refractivity contribution is 14.0. The monoisotopic (exact) mass is 500 g/mol. The number of ether oxygens (including phenoxy) is 2. The quantitative estimate of drug-likeness (QED) is 0.295. The summed E-state index contributed by atoms with van der Waals surface area (Å²) in [6.07, 6.45) is 4.24. The predicted molar refractivity (Wildman–Crippen MR) is 126 cm³/mol. The van der Waals surface area contributed by atoms with Gasteiger partial charge >= 0.3 is 0 Å². The Morgan fingerprint density at radius 2 is 2.29 bits per heavy atom. The van der Waals surface area contributed by atoms with Gasteiger partial charge in [0, 0.05) is 42.8 Å². The Morgan fingerprint density at radius 3 is 3.04 bits per heavy atom. The molecule has 28 heavy (non-hydrogen) atoms. The zero-order valence-electron chi connectivity index (χ0n) is 17.1. The normalized spacial score (nSPS) is 18.1. The van der Waals surface area contributed by atoms with Gasteiger partial charge in [-0.25, -0.2) is 0 Å². The minimum atomic E-state index is 0. The number of fused-ring (bicyclic) bond motifs is 1. The summed E-state index contributed by atoms with van der Waals surface area (Å²) in [5.74, 6) is 0.840. The van der Waals surface area contributed by atoms with Gasteiger partial charge in [0.2, 0.25) is 0 Å². The van der Waals surface area contributed by atoms with Crippen LogP contribution < -0.4 is 10.6 Å². The molecule has 6 nitrogen and oxygen atoms in total. The number of rotatable bonds is 8. The topological polar surface area (TPSA) is 70.7 Å². The second kappa shape index (κ2) is 11.6. The first-order valence-corrected chi connectivity index (χ1v) is 9.97. The number of guanidine groups is 1. The van der Waals surface area contributed by atoms with Crippen molar-refractivity contribution in [1.82, 2.24) is 15.6 Å². The third-order valence-electron chi connectivity index (χ3n) is 4.86. The molecule has 0 aliphatic carbocycles. The number of aliphatic imine (C=N–C) groups is 1. The Balaban J connectivity index is 0.00000280. The van der Waals surface area contributed by atoms with E-state index in [9.17, 15) is 0 Å². The van der Waals surface area contributed by atoms with Gasteiger partial charge in [-0.15, -0.1) is 24.0 Å². The van der Waals surface area contributed by atoms with Crippen molar-refractivity contribution in [1.29, 1.82) is 0 Å². The van der Waals surface area contributed by atoms with Crippen LogP contribution in [0.1, 0.15) is 31.4 Å². The number of aryl methyl sites for hydroxylation is 1. The molecule has 2 atom stereocenters. The van der Waals surface area contributed by atoms with E-state index in [1.807, 2.05) is 0 Å². The van der Waals surface area contributed by atoms with Crippen molar-refractivity contribution >= 4 is 40.8 Å². The lowest BCUT2D eigenvalue weighted by Gasteiger charge is -2.19. The molecular formula is C21H33IN4O2. The van der Waals surface area contributed by atoms with Crippen LogP contribution in [0.5, 0.6) is 0 Å². The lowest BCUT2D eigenvalue weighted by atomic mass is 10.1. The van der Waals surface area contributed by atoms with Crippen LogP contribution in [0.4, 0.5) is 0 Å². The standard InChI is InChI=1S/C21H32N4O2.HI/c1-4-22-21(25-16(3)13-27-18-9-11-26-14-18)23-10-8-17-12-24-20-15(2)6-5-7-19(17)20;/h5-7,12,16,18,24H,4,8-11,13-14H2,1-3H3,(H2,22,23,25);1H. The van der Waals surface area contributed by atoms with E-state index in [1.165, 1.54) is 22.0 Å². The number of hydrogen-bond donors (Lipinski definition) is 3. The number of nitrogens with one attached hydrogen (secondary N) is 3. The minimum absolute atomic E-state index is 0. The summed E-state index contributed by atoms with van der Waals surface area (Å²) in [6, 6.07) is 6.61. The number of aromatic amines is 1. The predicted octanol–water partition coefficient (Wildman–Crippen LogP) is 3.39. The highest BCUT2D eigenvalue weighted by Gasteiger charge is 2.17. The van der Waals surface area contributed by atoms with E-state index in [-0.39, 0.29) is 36.1 Å². The van der Waals surface area contributed by atoms with Gasteiger partial charge in [-0.1, -0.05) is 18.2 Å². The summed E-state index contributed by atoms with van der Waals surface area (Å²) in [7, 11) is 0. The molecule has 3 rings (SSSR count). The molecule has 0 spiro atoms. The lowest BCUT2D eigenvalue weighted by Crippen LogP contribution is -2.44. The number of halogens is 1. The molecule has 1 saturated heterocycles. The van der Waals surface area contributed by atoms with Crippen molar-refractivity contribution in [2.45, 2.75) is 45.8 Å². The molecule has 1 aliphatic heterocycles. The fourth-order valence-corrected chi connectivity index (χ4v) is 3.38. The summed E-state index contributed by atoms with van der Waals surface area (Å²) in [5.41, 5.74) is 3.81. The molecule has 0 bridgehead atoms. The van der Waals surface area contributed by atoms with E-state index in [0.717, 1.165) is 38.5 Å². The van der Waals surface area contributed by atoms with E-state index in [1.54, 1.807) is 0 Å². The first-order valence-electron chi connectivity index (χ1n) is 9.97. The summed E-state index contributed by atoms with van der Waals surface area (Å²) in [5, 5.41) is 8.05. The molecule has 1 aliphatic rings. The van der Waals surface area contributed by atoms with Crippen molar-refractivity contribution in [3.63, 3.8) is 0 Å². The Kier molecular flexibility index (Phi) is 9.53. The van der Waals surface area contributed by atoms with Crippen molar-refractivity contribution in [2.24, 2.45) is 4.99 Å². The molecule has 156 valence electrons. The second-order valence-electron chi connectivity index (χ2n) is 7.19. The first-order chi connectivity index (χ1) is 13.2. The Hall–Kier alpha value is -1.32. The van der Waals surface area contributed by atoms with E-state index in [4.69, 9.17) is 14.5 Å². The van der Waals surface area contributed by atoms with Gasteiger partial charge in [-0.05, 0) is 44.7 Å². The van der Waals surface area contributed by atoms with Crippen LogP contribution in [0.3, 0.4) is 0 Å². The van der Waals surface area contributed by atoms with Gasteiger partial charge in [0.25, 0.3) is 0 Å². The molecule has 0 radical (unpaired) electrons. The van der Waals surface area contributed by atoms with Crippen molar-refractivity contribution in [2.75, 3.05) is 32.9 Å². The summed E-state index contributed by atoms with van der Waals surface area (Å²) >= 11 is 0. The molecule has 1 aromatic heterocycles. The number of nitrogens with zero attached hydrogens (tertiary/aromatic N) is 1. The summed E-state index contributed by atoms with van der Waals surface area (Å²) < 4.78 is 11.2. The summed E-state index contributed by atoms with van der Waals surface area (Å²) in [6.45, 7) is 10.1. The van der Waals surface area contributed by atoms with Crippen molar-refractivity contribution in [3.05, 3.63) is 35.5 Å². The van der Waals surface area contributed by atoms with E-state index < -0.39 is 0 Å². The average Bonchev–Trinajstić information content (AvgIpc) is 3.31. The zero-order valence-corrected chi connectivity index (χ0v) is 19.4. The molecule has 2 heterocycles. The smallest absolute Gasteiger partial charge is 0.191 e. The Bertz CT molecular complexity index is 756. The molecule has 0 saturated carbocycles. The van der Waals surface area contributed by atoms with Gasteiger partial charge in [-0.3, -0.25) is 4.99 Å². The average molecular weight is 500 g/mol. The van der Waals surface area contributed by atoms with Gasteiger partial charge in [0.1, 0.15) is 0 Å². The Labute approximate surface area is 184 Å². The maximum Gasteiger partial charge on any atom is 0.191 e. The third-order valence-corrected chi connectivity index (χ3v) is 4.86. The molecule has 2 unspecified atom stereocenters. The fourth-order valence-electron chi connectivity index (χ4n) is 3.38. The van der Waals surface area contributed by atoms with Crippen LogP contribution in [0, 0.1) is 6.92 Å². The largest absolute Gasteiger partial charge is 0.379 e. The number of benzene rings is 1. The highest BCUT2D eigenvalue weighted by atomic mass is 127. The maximum atomic E-state index is 5.89. The van der Waals surface area contributed by atoms with Crippen LogP contribution in [-0.4, -0.2) is 56.0 Å². The molecule has 3 N–H and O–H groups in total. The number of para-hydroxylation sites is 1. The maximum absolute atomic E-state index is 5.89. The second-order valence-corrected chi connectivity index (χ2v) is 7.19. The summed E-state index contributed by atoms with van der Waals surface area (Å²) in [4.78, 5) is 8.13. The molecule has 0 amide bonds. The van der Waals surface area contributed by atoms with E-state index in [2.05, 4.69) is 60.8 Å². The van der Waals surface area contributed by atoms with Crippen LogP contribution in [0.2, 0.25) is 0 Å². The van der Waals surface area contributed by atoms with Crippen LogP contribution >= 0.6 is 24.0 Å². The number of hydrogen-bond acceptors (Lipinski definition) is 3. The Morgan fingerprint density at radius 1 is 1.43 bits per heavy atom. The van der Waals surface area contributed by atoms with Crippen molar-refractivity contribution < 1.29 is 9.47 Å². The molecule has 1 fully saturated rings. The third kappa shape index (κ3) is 6.35. The highest BCUT2D eigenvalue weighted by Crippen LogP contribution is 2.21. The van der Waals surface area contributed by atoms with E-state index in [0.29, 0.717) is 13.2 Å². The SMILES string of the molecule is CCNC(=NCCc1c[nH]c2c(C)cccc12)NC(C)COC1CCOC1.I. The van der Waals surface area contributed by atoms with Crippen LogP contribution in [-0.2, 0) is 15.9 Å². The van der Waals surface area contributed by atoms with Gasteiger partial charge in [-0.2, -0.15) is 0 Å². The number of H-pyrrole nitrogens is 1. The zero-order chi connectivity index (χ0) is 19.1.